The third kappa shape index (κ3) is 5.09. The Balaban J connectivity index is 0.00000225. The third-order valence-corrected chi connectivity index (χ3v) is 7.45. The molecule has 0 radical (unpaired) electrons. The smallest absolute Gasteiger partial charge is 0.191 e. The van der Waals surface area contributed by atoms with Crippen molar-refractivity contribution in [2.24, 2.45) is 4.99 Å². The zero-order valence-corrected chi connectivity index (χ0v) is 19.0. The molecule has 1 heterocycles. The Morgan fingerprint density at radius 3 is 2.48 bits per heavy atom. The van der Waals surface area contributed by atoms with Crippen LogP contribution < -0.4 is 10.6 Å². The Bertz CT molecular complexity index is 718. The fraction of sp³-hybridized carbons (Fsp3) is 0.588. The summed E-state index contributed by atoms with van der Waals surface area (Å²) in [5.74, 6) is 1.16. The van der Waals surface area contributed by atoms with Crippen LogP contribution in [0.3, 0.4) is 0 Å². The molecule has 1 aromatic carbocycles. The summed E-state index contributed by atoms with van der Waals surface area (Å²) in [6.45, 7) is 0.813. The maximum absolute atomic E-state index is 11.6. The van der Waals surface area contributed by atoms with Crippen molar-refractivity contribution in [3.05, 3.63) is 34.3 Å². The molecule has 3 rings (SSSR count). The molecule has 1 saturated heterocycles. The van der Waals surface area contributed by atoms with E-state index in [0.29, 0.717) is 12.4 Å². The lowest BCUT2D eigenvalue weighted by Gasteiger charge is -2.43. The number of rotatable bonds is 4. The first-order valence-corrected chi connectivity index (χ1v) is 11.0. The van der Waals surface area contributed by atoms with Gasteiger partial charge in [-0.25, -0.2) is 8.42 Å². The molecule has 1 unspecified atom stereocenters. The summed E-state index contributed by atoms with van der Waals surface area (Å²) in [6.07, 6.45) is 4.22. The number of guanidine groups is 1. The van der Waals surface area contributed by atoms with Gasteiger partial charge in [-0.2, -0.15) is 0 Å². The van der Waals surface area contributed by atoms with Crippen molar-refractivity contribution in [2.45, 2.75) is 37.1 Å². The van der Waals surface area contributed by atoms with Crippen molar-refractivity contribution in [1.82, 2.24) is 10.6 Å². The van der Waals surface area contributed by atoms with Gasteiger partial charge in [-0.3, -0.25) is 4.99 Å². The van der Waals surface area contributed by atoms with Crippen molar-refractivity contribution < 1.29 is 8.42 Å². The highest BCUT2D eigenvalue weighted by Gasteiger charge is 2.38. The SMILES string of the molecule is CN=C(NCC1(c2ccc(Br)cc2)CCC1)NC1CCS(=O)(=O)C1.I. The Morgan fingerprint density at radius 1 is 1.32 bits per heavy atom. The van der Waals surface area contributed by atoms with Gasteiger partial charge in [0.2, 0.25) is 0 Å². The highest BCUT2D eigenvalue weighted by molar-refractivity contribution is 14.0. The Hall–Kier alpha value is -0.350. The van der Waals surface area contributed by atoms with Crippen LogP contribution in [0.2, 0.25) is 0 Å². The largest absolute Gasteiger partial charge is 0.356 e. The average molecular weight is 542 g/mol. The normalized spacial score (nSPS) is 24.1. The number of nitrogens with zero attached hydrogens (tertiary/aromatic N) is 1. The van der Waals surface area contributed by atoms with Gasteiger partial charge in [0.05, 0.1) is 11.5 Å². The molecule has 1 aliphatic heterocycles. The van der Waals surface area contributed by atoms with Gasteiger partial charge in [0, 0.05) is 29.5 Å². The third-order valence-electron chi connectivity index (χ3n) is 5.16. The second-order valence-corrected chi connectivity index (χ2v) is 9.96. The number of sulfone groups is 1. The molecule has 0 spiro atoms. The standard InChI is InChI=1S/C17H24BrN3O2S.HI/c1-19-16(21-15-7-10-24(22,23)11-15)20-12-17(8-2-9-17)13-3-5-14(18)6-4-13;/h3-6,15H,2,7-12H2,1H3,(H2,19,20,21);1H. The Labute approximate surface area is 175 Å². The summed E-state index contributed by atoms with van der Waals surface area (Å²) in [6, 6.07) is 8.51. The van der Waals surface area contributed by atoms with Crippen LogP contribution in [0.25, 0.3) is 0 Å². The van der Waals surface area contributed by atoms with E-state index in [2.05, 4.69) is 55.8 Å². The summed E-state index contributed by atoms with van der Waals surface area (Å²) < 4.78 is 24.3. The first kappa shape index (κ1) is 21.0. The van der Waals surface area contributed by atoms with Crippen molar-refractivity contribution >= 4 is 55.7 Å². The molecule has 5 nitrogen and oxygen atoms in total. The van der Waals surface area contributed by atoms with Gasteiger partial charge in [-0.15, -0.1) is 24.0 Å². The quantitative estimate of drug-likeness (QED) is 0.349. The van der Waals surface area contributed by atoms with Crippen LogP contribution in [0.1, 0.15) is 31.2 Å². The monoisotopic (exact) mass is 541 g/mol. The van der Waals surface area contributed by atoms with E-state index < -0.39 is 9.84 Å². The predicted molar refractivity (Wildman–Crippen MR) is 117 cm³/mol. The maximum Gasteiger partial charge on any atom is 0.191 e. The molecule has 0 amide bonds. The predicted octanol–water partition coefficient (Wildman–Crippen LogP) is 2.84. The molecule has 8 heteroatoms. The van der Waals surface area contributed by atoms with Gasteiger partial charge in [0.15, 0.2) is 15.8 Å². The molecule has 2 aliphatic rings. The van der Waals surface area contributed by atoms with Gasteiger partial charge in [-0.05, 0) is 37.0 Å². The first-order chi connectivity index (χ1) is 11.4. The van der Waals surface area contributed by atoms with Gasteiger partial charge < -0.3 is 10.6 Å². The molecule has 1 aliphatic carbocycles. The summed E-state index contributed by atoms with van der Waals surface area (Å²) in [7, 11) is -1.15. The molecule has 25 heavy (non-hydrogen) atoms. The lowest BCUT2D eigenvalue weighted by Crippen LogP contribution is -2.51. The minimum absolute atomic E-state index is 0. The fourth-order valence-corrected chi connectivity index (χ4v) is 5.46. The minimum Gasteiger partial charge on any atom is -0.356 e. The van der Waals surface area contributed by atoms with Crippen LogP contribution in [-0.2, 0) is 15.3 Å². The van der Waals surface area contributed by atoms with E-state index in [1.807, 2.05) is 0 Å². The minimum atomic E-state index is -2.88. The highest BCUT2D eigenvalue weighted by Crippen LogP contribution is 2.43. The lowest BCUT2D eigenvalue weighted by atomic mass is 9.64. The zero-order valence-electron chi connectivity index (χ0n) is 14.3. The first-order valence-electron chi connectivity index (χ1n) is 8.36. The summed E-state index contributed by atoms with van der Waals surface area (Å²) in [5.41, 5.74) is 1.50. The number of hydrogen-bond donors (Lipinski definition) is 2. The average Bonchev–Trinajstić information content (AvgIpc) is 2.85. The van der Waals surface area contributed by atoms with E-state index in [-0.39, 0.29) is 46.9 Å². The second-order valence-electron chi connectivity index (χ2n) is 6.81. The van der Waals surface area contributed by atoms with Crippen molar-refractivity contribution in [1.29, 1.82) is 0 Å². The molecule has 2 fully saturated rings. The fourth-order valence-electron chi connectivity index (χ4n) is 3.52. The Kier molecular flexibility index (Phi) is 7.17. The van der Waals surface area contributed by atoms with Crippen molar-refractivity contribution in [3.8, 4) is 0 Å². The molecule has 1 saturated carbocycles. The van der Waals surface area contributed by atoms with Gasteiger partial charge in [0.1, 0.15) is 0 Å². The van der Waals surface area contributed by atoms with E-state index >= 15 is 0 Å². The number of aliphatic imine (C=N–C) groups is 1. The lowest BCUT2D eigenvalue weighted by molar-refractivity contribution is 0.243. The van der Waals surface area contributed by atoms with Crippen LogP contribution >= 0.6 is 39.9 Å². The van der Waals surface area contributed by atoms with Crippen LogP contribution in [0.4, 0.5) is 0 Å². The number of nitrogens with one attached hydrogen (secondary N) is 2. The second kappa shape index (κ2) is 8.56. The molecule has 2 N–H and O–H groups in total. The Morgan fingerprint density at radius 2 is 2.00 bits per heavy atom. The van der Waals surface area contributed by atoms with E-state index in [0.717, 1.165) is 23.9 Å². The van der Waals surface area contributed by atoms with Gasteiger partial charge in [0.25, 0.3) is 0 Å². The molecule has 0 bridgehead atoms. The number of hydrogen-bond acceptors (Lipinski definition) is 3. The van der Waals surface area contributed by atoms with Crippen LogP contribution in [0, 0.1) is 0 Å². The van der Waals surface area contributed by atoms with Gasteiger partial charge in [-0.1, -0.05) is 34.5 Å². The van der Waals surface area contributed by atoms with E-state index in [4.69, 9.17) is 0 Å². The molecule has 0 aromatic heterocycles. The van der Waals surface area contributed by atoms with Gasteiger partial charge >= 0.3 is 0 Å². The highest BCUT2D eigenvalue weighted by atomic mass is 127. The van der Waals surface area contributed by atoms with Crippen molar-refractivity contribution in [2.75, 3.05) is 25.1 Å². The summed E-state index contributed by atoms with van der Waals surface area (Å²) in [5, 5.41) is 6.67. The van der Waals surface area contributed by atoms with Crippen LogP contribution in [-0.4, -0.2) is 45.5 Å². The number of benzene rings is 1. The summed E-state index contributed by atoms with van der Waals surface area (Å²) >= 11 is 3.49. The number of halogens is 2. The molecule has 1 atom stereocenters. The topological polar surface area (TPSA) is 70.6 Å². The van der Waals surface area contributed by atoms with Crippen molar-refractivity contribution in [3.63, 3.8) is 0 Å². The summed E-state index contributed by atoms with van der Waals surface area (Å²) in [4.78, 5) is 4.26. The maximum atomic E-state index is 11.6. The molecular weight excluding hydrogens is 517 g/mol. The van der Waals surface area contributed by atoms with Crippen LogP contribution in [0.15, 0.2) is 33.7 Å². The molecule has 140 valence electrons. The molecular formula is C17H25BrIN3O2S. The molecule has 1 aromatic rings. The van der Waals surface area contributed by atoms with E-state index in [1.54, 1.807) is 7.05 Å². The van der Waals surface area contributed by atoms with E-state index in [1.165, 1.54) is 12.0 Å². The zero-order chi connectivity index (χ0) is 17.2. The van der Waals surface area contributed by atoms with E-state index in [9.17, 15) is 8.42 Å². The van der Waals surface area contributed by atoms with Crippen LogP contribution in [0.5, 0.6) is 0 Å².